The van der Waals surface area contributed by atoms with Gasteiger partial charge in [-0.15, -0.1) is 5.10 Å². The molecule has 0 aliphatic heterocycles. The molecule has 0 atom stereocenters. The fraction of sp³-hybridized carbons (Fsp3) is 0.500. The molecule has 72 valence electrons. The number of hydrogen-bond acceptors (Lipinski definition) is 3. The maximum atomic E-state index is 13.0. The molecule has 7 heteroatoms. The van der Waals surface area contributed by atoms with Crippen molar-refractivity contribution in [2.75, 3.05) is 0 Å². The van der Waals surface area contributed by atoms with Crippen LogP contribution < -0.4 is 0 Å². The Morgan fingerprint density at radius 3 is 2.69 bits per heavy atom. The molecule has 1 rings (SSSR count). The number of carboxylic acid groups (broad SMARTS) is 1. The largest absolute Gasteiger partial charge is 0.476 e. The summed E-state index contributed by atoms with van der Waals surface area (Å²) in [7, 11) is 0. The number of alkyl halides is 2. The molecule has 0 radical (unpaired) electrons. The zero-order valence-electron chi connectivity index (χ0n) is 6.71. The van der Waals surface area contributed by atoms with Gasteiger partial charge < -0.3 is 5.11 Å². The first-order chi connectivity index (χ1) is 5.99. The molecule has 0 aromatic carbocycles. The van der Waals surface area contributed by atoms with E-state index in [2.05, 4.69) is 10.2 Å². The molecule has 0 aliphatic carbocycles. The third-order valence-electron chi connectivity index (χ3n) is 1.54. The highest BCUT2D eigenvalue weighted by atomic mass is 19.3. The molecule has 0 spiro atoms. The van der Waals surface area contributed by atoms with Gasteiger partial charge in [-0.25, -0.2) is 4.79 Å². The van der Waals surface area contributed by atoms with Crippen molar-refractivity contribution in [3.63, 3.8) is 0 Å². The molecule has 0 saturated carbocycles. The molecular formula is C6H7F2N3O2. The number of hydrogen-bond donors (Lipinski definition) is 2. The van der Waals surface area contributed by atoms with Gasteiger partial charge in [-0.1, -0.05) is 6.92 Å². The summed E-state index contributed by atoms with van der Waals surface area (Å²) < 4.78 is 25.9. The molecule has 0 fully saturated rings. The molecule has 5 nitrogen and oxygen atoms in total. The normalized spacial score (nSPS) is 11.6. The van der Waals surface area contributed by atoms with E-state index >= 15 is 0 Å². The van der Waals surface area contributed by atoms with Gasteiger partial charge in [0.25, 0.3) is 5.92 Å². The smallest absolute Gasteiger partial charge is 0.358 e. The van der Waals surface area contributed by atoms with Crippen LogP contribution in [0.3, 0.4) is 0 Å². The van der Waals surface area contributed by atoms with Crippen molar-refractivity contribution >= 4 is 5.97 Å². The first-order valence-corrected chi connectivity index (χ1v) is 3.51. The minimum Gasteiger partial charge on any atom is -0.476 e. The molecule has 1 aromatic rings. The average molecular weight is 191 g/mol. The number of aromatic carboxylic acids is 1. The lowest BCUT2D eigenvalue weighted by molar-refractivity contribution is -0.0142. The van der Waals surface area contributed by atoms with Gasteiger partial charge >= 0.3 is 5.97 Å². The van der Waals surface area contributed by atoms with E-state index in [9.17, 15) is 13.6 Å². The van der Waals surface area contributed by atoms with Crippen molar-refractivity contribution in [3.8, 4) is 0 Å². The molecule has 1 aromatic heterocycles. The number of halogens is 2. The summed E-state index contributed by atoms with van der Waals surface area (Å²) in [6.45, 7) is 1.24. The third kappa shape index (κ3) is 1.63. The Morgan fingerprint density at radius 1 is 1.62 bits per heavy atom. The molecule has 0 bridgehead atoms. The summed E-state index contributed by atoms with van der Waals surface area (Å²) in [6, 6.07) is 0. The highest BCUT2D eigenvalue weighted by Crippen LogP contribution is 2.30. The van der Waals surface area contributed by atoms with Crippen LogP contribution in [0.1, 0.15) is 29.5 Å². The lowest BCUT2D eigenvalue weighted by Gasteiger charge is -2.09. The minimum atomic E-state index is -3.25. The van der Waals surface area contributed by atoms with E-state index in [1.54, 1.807) is 0 Å². The number of nitrogens with zero attached hydrogens (tertiary/aromatic N) is 2. The van der Waals surface area contributed by atoms with Crippen molar-refractivity contribution in [2.24, 2.45) is 0 Å². The highest BCUT2D eigenvalue weighted by molar-refractivity contribution is 5.86. The Balaban J connectivity index is 3.14. The molecule has 13 heavy (non-hydrogen) atoms. The second kappa shape index (κ2) is 3.08. The Kier molecular flexibility index (Phi) is 2.26. The molecule has 0 unspecified atom stereocenters. The zero-order chi connectivity index (χ0) is 10.1. The number of carbonyl (C=O) groups is 1. The van der Waals surface area contributed by atoms with Crippen LogP contribution in [-0.4, -0.2) is 26.5 Å². The van der Waals surface area contributed by atoms with E-state index in [-0.39, 0.29) is 0 Å². The van der Waals surface area contributed by atoms with E-state index in [1.807, 2.05) is 5.21 Å². The topological polar surface area (TPSA) is 78.9 Å². The average Bonchev–Trinajstić information content (AvgIpc) is 2.52. The fourth-order valence-electron chi connectivity index (χ4n) is 0.802. The summed E-state index contributed by atoms with van der Waals surface area (Å²) in [5.41, 5.74) is -1.55. The summed E-state index contributed by atoms with van der Waals surface area (Å²) >= 11 is 0. The summed E-state index contributed by atoms with van der Waals surface area (Å²) in [5.74, 6) is -4.77. The first kappa shape index (κ1) is 9.56. The van der Waals surface area contributed by atoms with E-state index in [0.29, 0.717) is 0 Å². The number of carboxylic acids is 1. The van der Waals surface area contributed by atoms with Crippen LogP contribution in [0.2, 0.25) is 0 Å². The zero-order valence-corrected chi connectivity index (χ0v) is 6.71. The second-order valence-electron chi connectivity index (χ2n) is 2.38. The van der Waals surface area contributed by atoms with Gasteiger partial charge in [0.15, 0.2) is 11.4 Å². The highest BCUT2D eigenvalue weighted by Gasteiger charge is 2.37. The van der Waals surface area contributed by atoms with Gasteiger partial charge in [0, 0.05) is 6.42 Å². The summed E-state index contributed by atoms with van der Waals surface area (Å²) in [5, 5.41) is 16.5. The van der Waals surface area contributed by atoms with Crippen molar-refractivity contribution in [1.82, 2.24) is 15.4 Å². The number of nitrogens with one attached hydrogen (secondary N) is 1. The van der Waals surface area contributed by atoms with Crippen LogP contribution in [0.15, 0.2) is 0 Å². The van der Waals surface area contributed by atoms with Gasteiger partial charge in [0.2, 0.25) is 0 Å². The van der Waals surface area contributed by atoms with Gasteiger partial charge in [-0.2, -0.15) is 19.1 Å². The monoisotopic (exact) mass is 191 g/mol. The van der Waals surface area contributed by atoms with Gasteiger partial charge in [-0.05, 0) is 0 Å². The van der Waals surface area contributed by atoms with Crippen LogP contribution >= 0.6 is 0 Å². The number of rotatable bonds is 3. The van der Waals surface area contributed by atoms with E-state index < -0.39 is 29.7 Å². The van der Waals surface area contributed by atoms with Crippen molar-refractivity contribution < 1.29 is 18.7 Å². The van der Waals surface area contributed by atoms with E-state index in [1.165, 1.54) is 6.92 Å². The number of aromatic amines is 1. The van der Waals surface area contributed by atoms with Crippen molar-refractivity contribution in [1.29, 1.82) is 0 Å². The minimum absolute atomic E-state index is 0.514. The molecule has 0 saturated heterocycles. The van der Waals surface area contributed by atoms with Crippen molar-refractivity contribution in [2.45, 2.75) is 19.3 Å². The van der Waals surface area contributed by atoms with Crippen LogP contribution in [-0.2, 0) is 5.92 Å². The Labute approximate surface area is 71.8 Å². The number of aromatic nitrogens is 3. The van der Waals surface area contributed by atoms with E-state index in [0.717, 1.165) is 0 Å². The standard InChI is InChI=1S/C6H7F2N3O2/c1-2-6(7,8)4-3(5(12)13)9-11-10-4/h2H2,1H3,(H,12,13)(H,9,10,11). The Bertz CT molecular complexity index is 323. The molecule has 2 N–H and O–H groups in total. The second-order valence-corrected chi connectivity index (χ2v) is 2.38. The first-order valence-electron chi connectivity index (χ1n) is 3.51. The summed E-state index contributed by atoms with van der Waals surface area (Å²) in [6.07, 6.45) is -0.514. The maximum absolute atomic E-state index is 13.0. The van der Waals surface area contributed by atoms with Crippen LogP contribution in [0.25, 0.3) is 0 Å². The predicted octanol–water partition coefficient (Wildman–Crippen LogP) is 1.00. The van der Waals surface area contributed by atoms with Crippen LogP contribution in [0.4, 0.5) is 8.78 Å². The van der Waals surface area contributed by atoms with Crippen molar-refractivity contribution in [3.05, 3.63) is 11.4 Å². The Hall–Kier alpha value is -1.53. The van der Waals surface area contributed by atoms with Gasteiger partial charge in [0.1, 0.15) is 0 Å². The SMILES string of the molecule is CCC(F)(F)c1n[nH]nc1C(=O)O. The van der Waals surface area contributed by atoms with Gasteiger partial charge in [-0.3, -0.25) is 0 Å². The van der Waals surface area contributed by atoms with Crippen LogP contribution in [0, 0.1) is 0 Å². The maximum Gasteiger partial charge on any atom is 0.358 e. The lowest BCUT2D eigenvalue weighted by Crippen LogP contribution is -2.17. The number of H-pyrrole nitrogens is 1. The van der Waals surface area contributed by atoms with Crippen LogP contribution in [0.5, 0.6) is 0 Å². The van der Waals surface area contributed by atoms with Gasteiger partial charge in [0.05, 0.1) is 0 Å². The molecular weight excluding hydrogens is 184 g/mol. The van der Waals surface area contributed by atoms with E-state index in [4.69, 9.17) is 5.11 Å². The fourth-order valence-corrected chi connectivity index (χ4v) is 0.802. The molecule has 1 heterocycles. The summed E-state index contributed by atoms with van der Waals surface area (Å²) in [4.78, 5) is 10.4. The third-order valence-corrected chi connectivity index (χ3v) is 1.54. The lowest BCUT2D eigenvalue weighted by atomic mass is 10.1. The Morgan fingerprint density at radius 2 is 2.23 bits per heavy atom. The predicted molar refractivity (Wildman–Crippen MR) is 37.5 cm³/mol. The quantitative estimate of drug-likeness (QED) is 0.747. The molecule has 0 aliphatic rings. The molecule has 0 amide bonds.